The van der Waals surface area contributed by atoms with E-state index in [0.29, 0.717) is 24.5 Å². The van der Waals surface area contributed by atoms with Crippen molar-refractivity contribution in [3.05, 3.63) is 45.1 Å². The monoisotopic (exact) mass is 286 g/mol. The number of ketones is 1. The van der Waals surface area contributed by atoms with Crippen molar-refractivity contribution in [2.45, 2.75) is 19.3 Å². The quantitative estimate of drug-likeness (QED) is 0.795. The van der Waals surface area contributed by atoms with E-state index in [1.165, 1.54) is 16.9 Å². The third-order valence-electron chi connectivity index (χ3n) is 3.77. The van der Waals surface area contributed by atoms with Gasteiger partial charge in [0.05, 0.1) is 4.88 Å². The molecule has 20 heavy (non-hydrogen) atoms. The molecule has 2 heterocycles. The Morgan fingerprint density at radius 3 is 2.75 bits per heavy atom. The number of benzene rings is 1. The molecule has 0 bridgehead atoms. The topological polar surface area (TPSA) is 35.5 Å². The van der Waals surface area contributed by atoms with Gasteiger partial charge in [-0.2, -0.15) is 0 Å². The van der Waals surface area contributed by atoms with Crippen LogP contribution in [-0.4, -0.2) is 19.0 Å². The van der Waals surface area contributed by atoms with Gasteiger partial charge < -0.3 is 9.47 Å². The summed E-state index contributed by atoms with van der Waals surface area (Å²) >= 11 is 1.64. The average Bonchev–Trinajstić information content (AvgIpc) is 3.07. The number of rotatable bonds is 2. The predicted octanol–water partition coefficient (Wildman–Crippen LogP) is 3.24. The number of ether oxygens (including phenoxy) is 2. The fourth-order valence-electron chi connectivity index (χ4n) is 2.77. The fraction of sp³-hybridized carbons (Fsp3) is 0.312. The molecule has 1 aromatic heterocycles. The molecule has 0 radical (unpaired) electrons. The minimum absolute atomic E-state index is 0.0846. The molecule has 0 unspecified atom stereocenters. The van der Waals surface area contributed by atoms with Gasteiger partial charge in [0.15, 0.2) is 11.5 Å². The lowest BCUT2D eigenvalue weighted by atomic mass is 10.1. The number of carbonyl (C=O) groups is 1. The minimum Gasteiger partial charge on any atom is -0.486 e. The van der Waals surface area contributed by atoms with E-state index >= 15 is 0 Å². The second kappa shape index (κ2) is 4.63. The zero-order valence-electron chi connectivity index (χ0n) is 11.0. The largest absolute Gasteiger partial charge is 0.486 e. The van der Waals surface area contributed by atoms with E-state index in [-0.39, 0.29) is 5.78 Å². The molecular formula is C16H14O3S. The van der Waals surface area contributed by atoms with Gasteiger partial charge in [0.2, 0.25) is 5.78 Å². The summed E-state index contributed by atoms with van der Waals surface area (Å²) in [5, 5.41) is 0. The molecule has 4 rings (SSSR count). The van der Waals surface area contributed by atoms with Gasteiger partial charge in [0.1, 0.15) is 13.2 Å². The van der Waals surface area contributed by atoms with E-state index in [9.17, 15) is 4.79 Å². The van der Waals surface area contributed by atoms with Gasteiger partial charge >= 0.3 is 0 Å². The Kier molecular flexibility index (Phi) is 2.77. The molecule has 2 aromatic rings. The van der Waals surface area contributed by atoms with Crippen molar-refractivity contribution >= 4 is 17.1 Å². The lowest BCUT2D eigenvalue weighted by Gasteiger charge is -2.18. The molecule has 0 spiro atoms. The van der Waals surface area contributed by atoms with Crippen LogP contribution in [0.2, 0.25) is 0 Å². The lowest BCUT2D eigenvalue weighted by molar-refractivity contribution is 0.104. The molecule has 0 saturated heterocycles. The molecule has 0 atom stereocenters. The van der Waals surface area contributed by atoms with Crippen LogP contribution in [-0.2, 0) is 12.8 Å². The van der Waals surface area contributed by atoms with Crippen LogP contribution in [0.1, 0.15) is 32.1 Å². The number of aryl methyl sites for hydroxylation is 2. The Morgan fingerprint density at radius 1 is 1.05 bits per heavy atom. The van der Waals surface area contributed by atoms with Gasteiger partial charge in [-0.3, -0.25) is 4.79 Å². The highest BCUT2D eigenvalue weighted by Gasteiger charge is 2.21. The first kappa shape index (κ1) is 12.0. The first-order valence-electron chi connectivity index (χ1n) is 6.87. The van der Waals surface area contributed by atoms with Crippen LogP contribution in [0.4, 0.5) is 0 Å². The first-order valence-corrected chi connectivity index (χ1v) is 7.69. The van der Waals surface area contributed by atoms with Crippen LogP contribution in [0.25, 0.3) is 0 Å². The highest BCUT2D eigenvalue weighted by molar-refractivity contribution is 7.14. The summed E-state index contributed by atoms with van der Waals surface area (Å²) in [6.07, 6.45) is 3.45. The summed E-state index contributed by atoms with van der Waals surface area (Å²) in [6.45, 7) is 1.11. The maximum Gasteiger partial charge on any atom is 0.203 e. The molecule has 1 aromatic carbocycles. The van der Waals surface area contributed by atoms with Crippen LogP contribution < -0.4 is 9.47 Å². The predicted molar refractivity (Wildman–Crippen MR) is 77.2 cm³/mol. The SMILES string of the molecule is O=C(c1ccc2c(c1)OCCO2)c1cc2c(s1)CCC2. The highest BCUT2D eigenvalue weighted by atomic mass is 32.1. The maximum atomic E-state index is 12.6. The summed E-state index contributed by atoms with van der Waals surface area (Å²) in [5.41, 5.74) is 2.03. The fourth-order valence-corrected chi connectivity index (χ4v) is 3.98. The second-order valence-electron chi connectivity index (χ2n) is 5.10. The third-order valence-corrected chi connectivity index (χ3v) is 5.01. The van der Waals surface area contributed by atoms with Gasteiger partial charge in [-0.25, -0.2) is 0 Å². The molecule has 3 nitrogen and oxygen atoms in total. The van der Waals surface area contributed by atoms with Gasteiger partial charge in [-0.1, -0.05) is 0 Å². The van der Waals surface area contributed by atoms with Crippen molar-refractivity contribution in [1.29, 1.82) is 0 Å². The van der Waals surface area contributed by atoms with Crippen molar-refractivity contribution < 1.29 is 14.3 Å². The van der Waals surface area contributed by atoms with E-state index in [1.807, 2.05) is 12.1 Å². The van der Waals surface area contributed by atoms with Crippen LogP contribution in [0, 0.1) is 0 Å². The first-order chi connectivity index (χ1) is 9.81. The van der Waals surface area contributed by atoms with Crippen LogP contribution in [0.3, 0.4) is 0 Å². The minimum atomic E-state index is 0.0846. The van der Waals surface area contributed by atoms with Crippen molar-refractivity contribution in [1.82, 2.24) is 0 Å². The second-order valence-corrected chi connectivity index (χ2v) is 6.24. The van der Waals surface area contributed by atoms with Crippen LogP contribution in [0.5, 0.6) is 11.5 Å². The number of hydrogen-bond donors (Lipinski definition) is 0. The summed E-state index contributed by atoms with van der Waals surface area (Å²) in [6, 6.07) is 7.50. The molecule has 0 N–H and O–H groups in total. The molecule has 102 valence electrons. The van der Waals surface area contributed by atoms with E-state index in [1.54, 1.807) is 17.4 Å². The van der Waals surface area contributed by atoms with Gasteiger partial charge in [-0.15, -0.1) is 11.3 Å². The lowest BCUT2D eigenvalue weighted by Crippen LogP contribution is -2.15. The van der Waals surface area contributed by atoms with Crippen molar-refractivity contribution in [3.8, 4) is 11.5 Å². The van der Waals surface area contributed by atoms with Gasteiger partial charge in [0, 0.05) is 10.4 Å². The van der Waals surface area contributed by atoms with E-state index < -0.39 is 0 Å². The number of carbonyl (C=O) groups excluding carboxylic acids is 1. The molecule has 0 saturated carbocycles. The Balaban J connectivity index is 1.67. The summed E-state index contributed by atoms with van der Waals surface area (Å²) in [4.78, 5) is 14.8. The third kappa shape index (κ3) is 1.91. The maximum absolute atomic E-state index is 12.6. The zero-order chi connectivity index (χ0) is 13.5. The summed E-state index contributed by atoms with van der Waals surface area (Å²) in [7, 11) is 0. The summed E-state index contributed by atoms with van der Waals surface area (Å²) in [5.74, 6) is 1.48. The van der Waals surface area contributed by atoms with Crippen LogP contribution >= 0.6 is 11.3 Å². The number of thiophene rings is 1. The van der Waals surface area contributed by atoms with Crippen molar-refractivity contribution in [3.63, 3.8) is 0 Å². The van der Waals surface area contributed by atoms with E-state index in [2.05, 4.69) is 6.07 Å². The standard InChI is InChI=1S/C16H14O3S/c17-16(15-9-10-2-1-3-14(10)20-15)11-4-5-12-13(8-11)19-7-6-18-12/h4-5,8-9H,1-3,6-7H2. The molecule has 0 amide bonds. The molecule has 1 aliphatic heterocycles. The molecular weight excluding hydrogens is 272 g/mol. The number of fused-ring (bicyclic) bond motifs is 2. The molecule has 0 fully saturated rings. The Hall–Kier alpha value is -1.81. The molecule has 2 aliphatic rings. The molecule has 4 heteroatoms. The van der Waals surface area contributed by atoms with Crippen molar-refractivity contribution in [2.24, 2.45) is 0 Å². The van der Waals surface area contributed by atoms with Gasteiger partial charge in [-0.05, 0) is 49.1 Å². The Morgan fingerprint density at radius 2 is 1.90 bits per heavy atom. The molecule has 1 aliphatic carbocycles. The Bertz CT molecular complexity index is 666. The Labute approximate surface area is 121 Å². The van der Waals surface area contributed by atoms with Crippen LogP contribution in [0.15, 0.2) is 24.3 Å². The average molecular weight is 286 g/mol. The van der Waals surface area contributed by atoms with Gasteiger partial charge in [0.25, 0.3) is 0 Å². The van der Waals surface area contributed by atoms with E-state index in [0.717, 1.165) is 23.5 Å². The van der Waals surface area contributed by atoms with E-state index in [4.69, 9.17) is 9.47 Å². The normalized spacial score (nSPS) is 16.0. The zero-order valence-corrected chi connectivity index (χ0v) is 11.8. The highest BCUT2D eigenvalue weighted by Crippen LogP contribution is 2.34. The number of hydrogen-bond acceptors (Lipinski definition) is 4. The van der Waals surface area contributed by atoms with Crippen molar-refractivity contribution in [2.75, 3.05) is 13.2 Å². The smallest absolute Gasteiger partial charge is 0.203 e. The summed E-state index contributed by atoms with van der Waals surface area (Å²) < 4.78 is 11.0.